The fourth-order valence-electron chi connectivity index (χ4n) is 3.95. The number of hydrogen-bond donors (Lipinski definition) is 1. The molecule has 178 valence electrons. The van der Waals surface area contributed by atoms with Gasteiger partial charge in [-0.15, -0.1) is 10.2 Å². The van der Waals surface area contributed by atoms with Crippen molar-refractivity contribution in [3.05, 3.63) is 33.3 Å². The van der Waals surface area contributed by atoms with E-state index < -0.39 is 14.9 Å². The summed E-state index contributed by atoms with van der Waals surface area (Å²) in [6.45, 7) is 3.68. The lowest BCUT2D eigenvalue weighted by molar-refractivity contribution is -0.384. The van der Waals surface area contributed by atoms with E-state index in [0.717, 1.165) is 11.1 Å². The van der Waals surface area contributed by atoms with Crippen LogP contribution in [-0.2, 0) is 19.6 Å². The highest BCUT2D eigenvalue weighted by atomic mass is 32.2. The van der Waals surface area contributed by atoms with Gasteiger partial charge in [0.25, 0.3) is 5.69 Å². The number of morpholine rings is 1. The molecule has 0 bridgehead atoms. The van der Waals surface area contributed by atoms with Crippen LogP contribution < -0.4 is 10.2 Å². The first-order chi connectivity index (χ1) is 15.8. The van der Waals surface area contributed by atoms with Gasteiger partial charge in [0.1, 0.15) is 10.7 Å². The number of ether oxygens (including phenoxy) is 1. The minimum absolute atomic E-state index is 0.110. The lowest BCUT2D eigenvalue weighted by Gasteiger charge is -2.32. The van der Waals surface area contributed by atoms with Crippen molar-refractivity contribution in [1.29, 1.82) is 0 Å². The van der Waals surface area contributed by atoms with Crippen LogP contribution >= 0.6 is 11.3 Å². The maximum atomic E-state index is 12.9. The summed E-state index contributed by atoms with van der Waals surface area (Å²) in [5, 5.41) is 23.5. The number of sulfonamides is 1. The number of carbonyl (C=O) groups excluding carboxylic acids is 1. The Kier molecular flexibility index (Phi) is 6.88. The number of amides is 1. The second-order valence-electron chi connectivity index (χ2n) is 7.80. The summed E-state index contributed by atoms with van der Waals surface area (Å²) in [6, 6.07) is 4.01. The van der Waals surface area contributed by atoms with Gasteiger partial charge in [-0.05, 0) is 31.9 Å². The van der Waals surface area contributed by atoms with Crippen molar-refractivity contribution in [3.8, 4) is 0 Å². The minimum Gasteiger partial charge on any atom is -0.379 e. The number of benzene rings is 1. The zero-order chi connectivity index (χ0) is 23.6. The van der Waals surface area contributed by atoms with Gasteiger partial charge in [0.15, 0.2) is 0 Å². The Labute approximate surface area is 194 Å². The molecule has 2 aromatic rings. The quantitative estimate of drug-likeness (QED) is 0.465. The summed E-state index contributed by atoms with van der Waals surface area (Å²) in [5.74, 6) is -0.391. The number of aryl methyl sites for hydroxylation is 1. The lowest BCUT2D eigenvalue weighted by Crippen LogP contribution is -2.40. The fraction of sp³-hybridized carbons (Fsp3) is 0.526. The van der Waals surface area contributed by atoms with Crippen LogP contribution in [0.15, 0.2) is 23.1 Å². The smallest absolute Gasteiger partial charge is 0.293 e. The van der Waals surface area contributed by atoms with E-state index in [-0.39, 0.29) is 35.5 Å². The van der Waals surface area contributed by atoms with Gasteiger partial charge >= 0.3 is 0 Å². The van der Waals surface area contributed by atoms with Gasteiger partial charge in [0.2, 0.25) is 21.1 Å². The zero-order valence-electron chi connectivity index (χ0n) is 18.0. The van der Waals surface area contributed by atoms with Crippen molar-refractivity contribution >= 4 is 43.8 Å². The summed E-state index contributed by atoms with van der Waals surface area (Å²) in [7, 11) is -3.85. The molecule has 1 amide bonds. The van der Waals surface area contributed by atoms with E-state index in [0.29, 0.717) is 50.0 Å². The number of aromatic nitrogens is 2. The summed E-state index contributed by atoms with van der Waals surface area (Å²) >= 11 is 1.30. The number of carbonyl (C=O) groups is 1. The Morgan fingerprint density at radius 3 is 2.52 bits per heavy atom. The van der Waals surface area contributed by atoms with Crippen LogP contribution in [0.25, 0.3) is 0 Å². The molecule has 0 saturated carbocycles. The van der Waals surface area contributed by atoms with E-state index in [2.05, 4.69) is 15.5 Å². The molecule has 1 aromatic carbocycles. The maximum absolute atomic E-state index is 12.9. The largest absolute Gasteiger partial charge is 0.379 e. The summed E-state index contributed by atoms with van der Waals surface area (Å²) in [4.78, 5) is 25.4. The molecule has 0 radical (unpaired) electrons. The molecule has 1 aromatic heterocycles. The molecule has 33 heavy (non-hydrogen) atoms. The topological polar surface area (TPSA) is 148 Å². The molecule has 0 aliphatic carbocycles. The average molecular weight is 497 g/mol. The maximum Gasteiger partial charge on any atom is 0.293 e. The first kappa shape index (κ1) is 23.5. The molecule has 3 heterocycles. The van der Waals surface area contributed by atoms with E-state index in [4.69, 9.17) is 4.74 Å². The standard InChI is InChI=1S/C19H24N6O6S2/c1-13-21-22-19(32-13)20-18(26)14-4-6-23(7-5-14)16-3-2-15(12-17(16)25(27)28)33(29,30)24-8-10-31-11-9-24/h2-3,12,14H,4-11H2,1H3,(H,20,22,26). The van der Waals surface area contributed by atoms with Crippen LogP contribution in [0, 0.1) is 23.0 Å². The number of hydrogen-bond acceptors (Lipinski definition) is 10. The molecule has 2 aliphatic heterocycles. The van der Waals surface area contributed by atoms with Crippen LogP contribution in [-0.4, -0.2) is 73.1 Å². The van der Waals surface area contributed by atoms with E-state index in [9.17, 15) is 23.3 Å². The average Bonchev–Trinajstić information content (AvgIpc) is 3.23. The van der Waals surface area contributed by atoms with Crippen molar-refractivity contribution in [2.45, 2.75) is 24.7 Å². The van der Waals surface area contributed by atoms with Crippen LogP contribution in [0.1, 0.15) is 17.8 Å². The molecule has 12 nitrogen and oxygen atoms in total. The van der Waals surface area contributed by atoms with E-state index in [1.54, 1.807) is 6.92 Å². The molecule has 2 saturated heterocycles. The predicted octanol–water partition coefficient (Wildman–Crippen LogP) is 1.63. The van der Waals surface area contributed by atoms with E-state index >= 15 is 0 Å². The highest BCUT2D eigenvalue weighted by Crippen LogP contribution is 2.34. The first-order valence-electron chi connectivity index (χ1n) is 10.5. The van der Waals surface area contributed by atoms with Gasteiger partial charge in [0, 0.05) is 38.2 Å². The molecule has 0 unspecified atom stereocenters. The Hall–Kier alpha value is -2.68. The van der Waals surface area contributed by atoms with Crippen molar-refractivity contribution in [2.75, 3.05) is 49.6 Å². The molecule has 4 rings (SSSR count). The Morgan fingerprint density at radius 2 is 1.91 bits per heavy atom. The number of rotatable bonds is 6. The molecule has 1 N–H and O–H groups in total. The number of nitro benzene ring substituents is 1. The third-order valence-electron chi connectivity index (χ3n) is 5.71. The normalized spacial score (nSPS) is 18.3. The van der Waals surface area contributed by atoms with Crippen LogP contribution in [0.2, 0.25) is 0 Å². The highest BCUT2D eigenvalue weighted by molar-refractivity contribution is 7.89. The zero-order valence-corrected chi connectivity index (χ0v) is 19.6. The molecule has 14 heteroatoms. The SMILES string of the molecule is Cc1nnc(NC(=O)C2CCN(c3ccc(S(=O)(=O)N4CCOCC4)cc3[N+](=O)[O-])CC2)s1. The van der Waals surface area contributed by atoms with Gasteiger partial charge in [-0.2, -0.15) is 4.31 Å². The summed E-state index contributed by atoms with van der Waals surface area (Å²) in [6.07, 6.45) is 1.02. The van der Waals surface area contributed by atoms with Gasteiger partial charge < -0.3 is 15.0 Å². The molecular formula is C19H24N6O6S2. The molecule has 2 aliphatic rings. The second-order valence-corrected chi connectivity index (χ2v) is 10.9. The lowest BCUT2D eigenvalue weighted by atomic mass is 9.95. The number of nitrogens with one attached hydrogen (secondary N) is 1. The number of nitrogens with zero attached hydrogens (tertiary/aromatic N) is 5. The van der Waals surface area contributed by atoms with Crippen molar-refractivity contribution in [3.63, 3.8) is 0 Å². The van der Waals surface area contributed by atoms with Crippen LogP contribution in [0.5, 0.6) is 0 Å². The monoisotopic (exact) mass is 496 g/mol. The Morgan fingerprint density at radius 1 is 1.21 bits per heavy atom. The second kappa shape index (κ2) is 9.67. The molecule has 0 atom stereocenters. The Bertz CT molecular complexity index is 1140. The van der Waals surface area contributed by atoms with Crippen LogP contribution in [0.4, 0.5) is 16.5 Å². The predicted molar refractivity (Wildman–Crippen MR) is 121 cm³/mol. The molecular weight excluding hydrogens is 472 g/mol. The highest BCUT2D eigenvalue weighted by Gasteiger charge is 2.32. The van der Waals surface area contributed by atoms with E-state index in [1.807, 2.05) is 4.90 Å². The third kappa shape index (κ3) is 5.13. The van der Waals surface area contributed by atoms with Gasteiger partial charge in [-0.1, -0.05) is 11.3 Å². The molecule has 0 spiro atoms. The number of anilines is 2. The summed E-state index contributed by atoms with van der Waals surface area (Å²) in [5.41, 5.74) is 0.0797. The van der Waals surface area contributed by atoms with Crippen molar-refractivity contribution in [1.82, 2.24) is 14.5 Å². The number of piperidine rings is 1. The first-order valence-corrected chi connectivity index (χ1v) is 12.7. The minimum atomic E-state index is -3.85. The fourth-order valence-corrected chi connectivity index (χ4v) is 5.97. The van der Waals surface area contributed by atoms with Gasteiger partial charge in [-0.3, -0.25) is 14.9 Å². The van der Waals surface area contributed by atoms with Crippen molar-refractivity contribution < 1.29 is 22.9 Å². The Balaban J connectivity index is 1.46. The molecule has 2 fully saturated rings. The van der Waals surface area contributed by atoms with E-state index in [1.165, 1.54) is 27.8 Å². The van der Waals surface area contributed by atoms with Crippen LogP contribution in [0.3, 0.4) is 0 Å². The third-order valence-corrected chi connectivity index (χ3v) is 8.36. The van der Waals surface area contributed by atoms with Gasteiger partial charge in [0.05, 0.1) is 23.0 Å². The number of nitro groups is 1. The summed E-state index contributed by atoms with van der Waals surface area (Å²) < 4.78 is 32.3. The van der Waals surface area contributed by atoms with Gasteiger partial charge in [-0.25, -0.2) is 8.42 Å². The van der Waals surface area contributed by atoms with Crippen molar-refractivity contribution in [2.24, 2.45) is 5.92 Å².